The third kappa shape index (κ3) is 3.88. The number of amides is 1. The number of ether oxygens (including phenoxy) is 2. The van der Waals surface area contributed by atoms with Gasteiger partial charge in [0.25, 0.3) is 0 Å². The van der Waals surface area contributed by atoms with Gasteiger partial charge in [-0.25, -0.2) is 8.42 Å². The van der Waals surface area contributed by atoms with Crippen molar-refractivity contribution in [1.82, 2.24) is 5.32 Å². The molecule has 2 aliphatic rings. The van der Waals surface area contributed by atoms with Gasteiger partial charge in [0.15, 0.2) is 9.84 Å². The van der Waals surface area contributed by atoms with Crippen LogP contribution < -0.4 is 5.32 Å². The van der Waals surface area contributed by atoms with Gasteiger partial charge >= 0.3 is 0 Å². The second-order valence-electron chi connectivity index (χ2n) is 6.88. The molecular formula is C18H25NO5S. The first-order valence-electron chi connectivity index (χ1n) is 8.61. The molecule has 1 saturated carbocycles. The van der Waals surface area contributed by atoms with Gasteiger partial charge in [0, 0.05) is 38.0 Å². The van der Waals surface area contributed by atoms with E-state index in [1.54, 1.807) is 31.4 Å². The molecule has 3 rings (SSSR count). The topological polar surface area (TPSA) is 81.7 Å². The number of methoxy groups -OCH3 is 1. The number of nitrogens with one attached hydrogen (secondary N) is 1. The van der Waals surface area contributed by atoms with Crippen LogP contribution in [0, 0.1) is 18.8 Å². The number of carbonyl (C=O) groups excluding carboxylic acids is 1. The smallest absolute Gasteiger partial charge is 0.221 e. The van der Waals surface area contributed by atoms with Crippen molar-refractivity contribution in [2.75, 3.05) is 26.1 Å². The summed E-state index contributed by atoms with van der Waals surface area (Å²) in [5.41, 5.74) is 0.999. The van der Waals surface area contributed by atoms with E-state index in [2.05, 4.69) is 5.32 Å². The number of hydrogen-bond donors (Lipinski definition) is 1. The van der Waals surface area contributed by atoms with Gasteiger partial charge in [-0.2, -0.15) is 0 Å². The Morgan fingerprint density at radius 1 is 1.32 bits per heavy atom. The van der Waals surface area contributed by atoms with Gasteiger partial charge in [-0.3, -0.25) is 4.79 Å². The Labute approximate surface area is 148 Å². The van der Waals surface area contributed by atoms with Crippen LogP contribution in [-0.4, -0.2) is 52.5 Å². The molecule has 0 radical (unpaired) electrons. The van der Waals surface area contributed by atoms with Crippen LogP contribution in [0.5, 0.6) is 0 Å². The minimum Gasteiger partial charge on any atom is -0.384 e. The highest BCUT2D eigenvalue weighted by Gasteiger charge is 2.54. The molecule has 25 heavy (non-hydrogen) atoms. The predicted octanol–water partition coefficient (Wildman–Crippen LogP) is 1.32. The first-order chi connectivity index (χ1) is 11.9. The number of sulfone groups is 1. The van der Waals surface area contributed by atoms with Crippen molar-refractivity contribution in [3.63, 3.8) is 0 Å². The zero-order chi connectivity index (χ0) is 18.0. The van der Waals surface area contributed by atoms with E-state index in [0.717, 1.165) is 12.0 Å². The summed E-state index contributed by atoms with van der Waals surface area (Å²) in [5.74, 6) is 0.0498. The molecule has 1 aliphatic heterocycles. The lowest BCUT2D eigenvalue weighted by molar-refractivity contribution is -0.129. The highest BCUT2D eigenvalue weighted by Crippen LogP contribution is 2.43. The van der Waals surface area contributed by atoms with Crippen LogP contribution >= 0.6 is 0 Å². The maximum Gasteiger partial charge on any atom is 0.221 e. The number of aryl methyl sites for hydroxylation is 1. The van der Waals surface area contributed by atoms with Crippen LogP contribution in [0.2, 0.25) is 0 Å². The Balaban J connectivity index is 1.55. The molecule has 138 valence electrons. The third-order valence-electron chi connectivity index (χ3n) is 5.19. The Morgan fingerprint density at radius 3 is 2.72 bits per heavy atom. The Bertz CT molecular complexity index is 715. The summed E-state index contributed by atoms with van der Waals surface area (Å²) < 4.78 is 35.6. The standard InChI is InChI=1S/C18H25NO5S/c1-12-3-5-13(6-4-12)25(21,22)10-8-16(20)19-17-14-7-9-24-18(14)15(17)11-23-2/h3-6,14-15,17-18H,7-11H2,1-2H3,(H,19,20)/t14-,15-,17-,18-/m1/s1. The van der Waals surface area contributed by atoms with E-state index in [9.17, 15) is 13.2 Å². The third-order valence-corrected chi connectivity index (χ3v) is 6.92. The van der Waals surface area contributed by atoms with Crippen LogP contribution in [0.25, 0.3) is 0 Å². The van der Waals surface area contributed by atoms with Gasteiger partial charge < -0.3 is 14.8 Å². The molecule has 1 N–H and O–H groups in total. The summed E-state index contributed by atoms with van der Waals surface area (Å²) in [7, 11) is -1.81. The minimum atomic E-state index is -3.45. The zero-order valence-electron chi connectivity index (χ0n) is 14.6. The lowest BCUT2D eigenvalue weighted by Crippen LogP contribution is -2.62. The van der Waals surface area contributed by atoms with Gasteiger partial charge in [-0.1, -0.05) is 17.7 Å². The van der Waals surface area contributed by atoms with Crippen molar-refractivity contribution >= 4 is 15.7 Å². The number of benzene rings is 1. The molecule has 1 aromatic carbocycles. The predicted molar refractivity (Wildman–Crippen MR) is 93.0 cm³/mol. The highest BCUT2D eigenvalue weighted by atomic mass is 32.2. The molecule has 1 heterocycles. The van der Waals surface area contributed by atoms with Crippen molar-refractivity contribution in [2.45, 2.75) is 36.8 Å². The van der Waals surface area contributed by atoms with Gasteiger partial charge in [0.05, 0.1) is 23.4 Å². The monoisotopic (exact) mass is 367 g/mol. The van der Waals surface area contributed by atoms with E-state index in [0.29, 0.717) is 19.1 Å². The van der Waals surface area contributed by atoms with E-state index < -0.39 is 9.84 Å². The summed E-state index contributed by atoms with van der Waals surface area (Å²) in [4.78, 5) is 12.5. The molecule has 0 unspecified atom stereocenters. The molecule has 2 fully saturated rings. The number of hydrogen-bond acceptors (Lipinski definition) is 5. The Morgan fingerprint density at radius 2 is 2.04 bits per heavy atom. The van der Waals surface area contributed by atoms with Crippen LogP contribution in [0.4, 0.5) is 0 Å². The summed E-state index contributed by atoms with van der Waals surface area (Å²) in [6.45, 7) is 3.15. The molecule has 1 aromatic rings. The summed E-state index contributed by atoms with van der Waals surface area (Å²) in [6.07, 6.45) is 1.05. The summed E-state index contributed by atoms with van der Waals surface area (Å²) >= 11 is 0. The van der Waals surface area contributed by atoms with E-state index >= 15 is 0 Å². The van der Waals surface area contributed by atoms with Gasteiger partial charge in [0.1, 0.15) is 0 Å². The van der Waals surface area contributed by atoms with Crippen LogP contribution in [0.15, 0.2) is 29.2 Å². The van der Waals surface area contributed by atoms with Crippen molar-refractivity contribution in [1.29, 1.82) is 0 Å². The molecule has 0 aromatic heterocycles. The zero-order valence-corrected chi connectivity index (χ0v) is 15.4. The Hall–Kier alpha value is -1.44. The van der Waals surface area contributed by atoms with Crippen molar-refractivity contribution in [2.24, 2.45) is 11.8 Å². The fraction of sp³-hybridized carbons (Fsp3) is 0.611. The molecule has 0 spiro atoms. The number of fused-ring (bicyclic) bond motifs is 1. The lowest BCUT2D eigenvalue weighted by atomic mass is 9.67. The highest BCUT2D eigenvalue weighted by molar-refractivity contribution is 7.91. The second-order valence-corrected chi connectivity index (χ2v) is 8.99. The van der Waals surface area contributed by atoms with Gasteiger partial charge in [-0.15, -0.1) is 0 Å². The molecule has 4 atom stereocenters. The van der Waals surface area contributed by atoms with Crippen LogP contribution in [0.1, 0.15) is 18.4 Å². The van der Waals surface area contributed by atoms with Gasteiger partial charge in [0.2, 0.25) is 5.91 Å². The van der Waals surface area contributed by atoms with Crippen LogP contribution in [-0.2, 0) is 24.1 Å². The average molecular weight is 367 g/mol. The largest absolute Gasteiger partial charge is 0.384 e. The van der Waals surface area contributed by atoms with Crippen molar-refractivity contribution in [3.05, 3.63) is 29.8 Å². The average Bonchev–Trinajstić information content (AvgIpc) is 3.01. The quantitative estimate of drug-likeness (QED) is 0.786. The fourth-order valence-electron chi connectivity index (χ4n) is 3.78. The minimum absolute atomic E-state index is 0.0158. The Kier molecular flexibility index (Phi) is 5.46. The SMILES string of the molecule is COC[C@@H]1[C@H](NC(=O)CCS(=O)(=O)c2ccc(C)cc2)[C@H]2CCO[C@H]21. The van der Waals surface area contributed by atoms with E-state index in [1.807, 2.05) is 6.92 Å². The van der Waals surface area contributed by atoms with E-state index in [4.69, 9.17) is 9.47 Å². The van der Waals surface area contributed by atoms with E-state index in [-0.39, 0.29) is 41.0 Å². The maximum atomic E-state index is 12.3. The summed E-state index contributed by atoms with van der Waals surface area (Å²) in [6, 6.07) is 6.71. The van der Waals surface area contributed by atoms with Gasteiger partial charge in [-0.05, 0) is 25.5 Å². The normalized spacial score (nSPS) is 28.2. The number of carbonyl (C=O) groups is 1. The molecule has 0 bridgehead atoms. The maximum absolute atomic E-state index is 12.3. The fourth-order valence-corrected chi connectivity index (χ4v) is 5.02. The molecule has 6 nitrogen and oxygen atoms in total. The lowest BCUT2D eigenvalue weighted by Gasteiger charge is -2.47. The van der Waals surface area contributed by atoms with Crippen LogP contribution in [0.3, 0.4) is 0 Å². The van der Waals surface area contributed by atoms with Crippen molar-refractivity contribution < 1.29 is 22.7 Å². The second kappa shape index (κ2) is 7.43. The molecular weight excluding hydrogens is 342 g/mol. The molecule has 1 aliphatic carbocycles. The first kappa shape index (κ1) is 18.4. The molecule has 7 heteroatoms. The van der Waals surface area contributed by atoms with Crippen molar-refractivity contribution in [3.8, 4) is 0 Å². The van der Waals surface area contributed by atoms with E-state index in [1.165, 1.54) is 0 Å². The molecule has 1 amide bonds. The number of rotatable bonds is 7. The summed E-state index contributed by atoms with van der Waals surface area (Å²) in [5, 5.41) is 2.99. The first-order valence-corrected chi connectivity index (χ1v) is 10.3. The molecule has 1 saturated heterocycles.